The molecule has 0 saturated heterocycles. The number of carbonyl (C=O) groups is 1. The van der Waals surface area contributed by atoms with Crippen LogP contribution in [0, 0.1) is 5.92 Å². The molecule has 1 rings (SSSR count). The number of pyridine rings is 1. The van der Waals surface area contributed by atoms with Crippen molar-refractivity contribution in [3.63, 3.8) is 0 Å². The number of hydrogen-bond acceptors (Lipinski definition) is 4. The van der Waals surface area contributed by atoms with Gasteiger partial charge in [0.2, 0.25) is 5.88 Å². The maximum absolute atomic E-state index is 11.9. The minimum absolute atomic E-state index is 0.0182. The van der Waals surface area contributed by atoms with Crippen LogP contribution < -0.4 is 10.1 Å². The Kier molecular flexibility index (Phi) is 5.58. The molecule has 0 spiro atoms. The summed E-state index contributed by atoms with van der Waals surface area (Å²) in [6, 6.07) is 3.25. The summed E-state index contributed by atoms with van der Waals surface area (Å²) in [7, 11) is 0. The minimum Gasteiger partial charge on any atom is -0.478 e. The molecule has 0 aliphatic carbocycles. The number of nitrogens with zero attached hydrogens (tertiary/aromatic N) is 1. The Morgan fingerprint density at radius 1 is 1.50 bits per heavy atom. The van der Waals surface area contributed by atoms with E-state index in [-0.39, 0.29) is 24.5 Å². The molecule has 2 atom stereocenters. The summed E-state index contributed by atoms with van der Waals surface area (Å²) in [6.07, 6.45) is 1.48. The fourth-order valence-electron chi connectivity index (χ4n) is 1.34. The monoisotopic (exact) mass is 252 g/mol. The zero-order valence-electron chi connectivity index (χ0n) is 11.0. The Bertz CT molecular complexity index is 378. The lowest BCUT2D eigenvalue weighted by Gasteiger charge is -2.19. The molecule has 100 valence electrons. The van der Waals surface area contributed by atoms with Gasteiger partial charge in [-0.25, -0.2) is 4.98 Å². The molecule has 0 aliphatic rings. The van der Waals surface area contributed by atoms with Gasteiger partial charge in [-0.2, -0.15) is 0 Å². The van der Waals surface area contributed by atoms with Gasteiger partial charge in [-0.15, -0.1) is 0 Å². The maximum Gasteiger partial charge on any atom is 0.253 e. The van der Waals surface area contributed by atoms with Crippen LogP contribution in [-0.4, -0.2) is 35.3 Å². The molecule has 0 saturated carbocycles. The Morgan fingerprint density at radius 3 is 2.72 bits per heavy atom. The number of carbonyl (C=O) groups excluding carboxylic acids is 1. The van der Waals surface area contributed by atoms with Gasteiger partial charge in [0.15, 0.2) is 0 Å². The van der Waals surface area contributed by atoms with Crippen molar-refractivity contribution < 1.29 is 14.6 Å². The van der Waals surface area contributed by atoms with Crippen molar-refractivity contribution in [3.8, 4) is 5.88 Å². The standard InChI is InChI=1S/C13H20N2O3/c1-4-18-12-6-5-11(7-14-12)13(17)15-10(3)9(2)8-16/h5-7,9-10,16H,4,8H2,1-3H3,(H,15,17). The number of aliphatic hydroxyl groups is 1. The highest BCUT2D eigenvalue weighted by Crippen LogP contribution is 2.08. The van der Waals surface area contributed by atoms with Gasteiger partial charge in [0.1, 0.15) is 0 Å². The Balaban J connectivity index is 2.61. The predicted molar refractivity (Wildman–Crippen MR) is 68.6 cm³/mol. The summed E-state index contributed by atoms with van der Waals surface area (Å²) < 4.78 is 5.20. The molecule has 0 aromatic carbocycles. The summed E-state index contributed by atoms with van der Waals surface area (Å²) in [6.45, 7) is 6.20. The van der Waals surface area contributed by atoms with E-state index in [1.54, 1.807) is 12.1 Å². The van der Waals surface area contributed by atoms with Crippen molar-refractivity contribution >= 4 is 5.91 Å². The highest BCUT2D eigenvalue weighted by atomic mass is 16.5. The first kappa shape index (κ1) is 14.4. The van der Waals surface area contributed by atoms with E-state index in [4.69, 9.17) is 9.84 Å². The van der Waals surface area contributed by atoms with E-state index in [1.807, 2.05) is 20.8 Å². The van der Waals surface area contributed by atoms with Gasteiger partial charge < -0.3 is 15.2 Å². The van der Waals surface area contributed by atoms with E-state index >= 15 is 0 Å². The fraction of sp³-hybridized carbons (Fsp3) is 0.538. The number of rotatable bonds is 6. The number of aliphatic hydroxyl groups excluding tert-OH is 1. The number of amides is 1. The first-order valence-corrected chi connectivity index (χ1v) is 6.09. The van der Waals surface area contributed by atoms with Crippen molar-refractivity contribution in [2.45, 2.75) is 26.8 Å². The molecule has 18 heavy (non-hydrogen) atoms. The normalized spacial score (nSPS) is 13.8. The average Bonchev–Trinajstić information content (AvgIpc) is 2.38. The van der Waals surface area contributed by atoms with Gasteiger partial charge in [0.25, 0.3) is 5.91 Å². The first-order valence-electron chi connectivity index (χ1n) is 6.09. The van der Waals surface area contributed by atoms with E-state index in [1.165, 1.54) is 6.20 Å². The van der Waals surface area contributed by atoms with Crippen molar-refractivity contribution in [1.82, 2.24) is 10.3 Å². The molecule has 2 N–H and O–H groups in total. The van der Waals surface area contributed by atoms with Gasteiger partial charge >= 0.3 is 0 Å². The van der Waals surface area contributed by atoms with Crippen LogP contribution in [0.3, 0.4) is 0 Å². The van der Waals surface area contributed by atoms with E-state index in [2.05, 4.69) is 10.3 Å². The number of aromatic nitrogens is 1. The van der Waals surface area contributed by atoms with Crippen LogP contribution >= 0.6 is 0 Å². The molecular formula is C13H20N2O3. The quantitative estimate of drug-likeness (QED) is 0.798. The molecule has 0 aliphatic heterocycles. The minimum atomic E-state index is -0.196. The second-order valence-corrected chi connectivity index (χ2v) is 4.24. The van der Waals surface area contributed by atoms with Crippen molar-refractivity contribution in [2.75, 3.05) is 13.2 Å². The van der Waals surface area contributed by atoms with Crippen molar-refractivity contribution in [2.24, 2.45) is 5.92 Å². The molecule has 0 bridgehead atoms. The average molecular weight is 252 g/mol. The lowest BCUT2D eigenvalue weighted by atomic mass is 10.0. The maximum atomic E-state index is 11.9. The van der Waals surface area contributed by atoms with E-state index in [0.717, 1.165) is 0 Å². The van der Waals surface area contributed by atoms with Gasteiger partial charge in [0, 0.05) is 24.9 Å². The summed E-state index contributed by atoms with van der Waals surface area (Å²) in [5, 5.41) is 11.8. The first-order chi connectivity index (χ1) is 8.58. The highest BCUT2D eigenvalue weighted by molar-refractivity contribution is 5.94. The Labute approximate surface area is 107 Å². The second kappa shape index (κ2) is 6.96. The molecule has 1 heterocycles. The number of ether oxygens (including phenoxy) is 1. The Hall–Kier alpha value is -1.62. The molecule has 1 aromatic rings. The summed E-state index contributed by atoms with van der Waals surface area (Å²) in [4.78, 5) is 15.9. The molecule has 0 radical (unpaired) electrons. The van der Waals surface area contributed by atoms with E-state index in [0.29, 0.717) is 18.1 Å². The van der Waals surface area contributed by atoms with Gasteiger partial charge in [-0.1, -0.05) is 6.92 Å². The number of hydrogen-bond donors (Lipinski definition) is 2. The highest BCUT2D eigenvalue weighted by Gasteiger charge is 2.15. The zero-order valence-corrected chi connectivity index (χ0v) is 11.0. The Morgan fingerprint density at radius 2 is 2.22 bits per heavy atom. The molecule has 1 amide bonds. The predicted octanol–water partition coefficient (Wildman–Crippen LogP) is 1.23. The third-order valence-electron chi connectivity index (χ3n) is 2.79. The van der Waals surface area contributed by atoms with Gasteiger partial charge in [-0.3, -0.25) is 4.79 Å². The smallest absolute Gasteiger partial charge is 0.253 e. The van der Waals surface area contributed by atoms with Gasteiger partial charge in [-0.05, 0) is 25.8 Å². The van der Waals surface area contributed by atoms with Crippen LogP contribution in [-0.2, 0) is 0 Å². The lowest BCUT2D eigenvalue weighted by molar-refractivity contribution is 0.0916. The molecule has 2 unspecified atom stereocenters. The molecular weight excluding hydrogens is 232 g/mol. The molecule has 1 aromatic heterocycles. The van der Waals surface area contributed by atoms with Crippen molar-refractivity contribution in [3.05, 3.63) is 23.9 Å². The van der Waals surface area contributed by atoms with Crippen LogP contribution in [0.25, 0.3) is 0 Å². The lowest BCUT2D eigenvalue weighted by Crippen LogP contribution is -2.38. The van der Waals surface area contributed by atoms with Crippen molar-refractivity contribution in [1.29, 1.82) is 0 Å². The summed E-state index contributed by atoms with van der Waals surface area (Å²) in [5.74, 6) is 0.328. The SMILES string of the molecule is CCOc1ccc(C(=O)NC(C)C(C)CO)cn1. The molecule has 0 fully saturated rings. The third-order valence-corrected chi connectivity index (χ3v) is 2.79. The zero-order chi connectivity index (χ0) is 13.5. The van der Waals surface area contributed by atoms with Crippen LogP contribution in [0.2, 0.25) is 0 Å². The third kappa shape index (κ3) is 4.00. The number of nitrogens with one attached hydrogen (secondary N) is 1. The molecule has 5 nitrogen and oxygen atoms in total. The fourth-order valence-corrected chi connectivity index (χ4v) is 1.34. The largest absolute Gasteiger partial charge is 0.478 e. The van der Waals surface area contributed by atoms with Crippen LogP contribution in [0.1, 0.15) is 31.1 Å². The van der Waals surface area contributed by atoms with E-state index in [9.17, 15) is 4.79 Å². The van der Waals surface area contributed by atoms with Gasteiger partial charge in [0.05, 0.1) is 12.2 Å². The summed E-state index contributed by atoms with van der Waals surface area (Å²) in [5.41, 5.74) is 0.482. The van der Waals surface area contributed by atoms with Crippen LogP contribution in [0.5, 0.6) is 5.88 Å². The topological polar surface area (TPSA) is 71.5 Å². The second-order valence-electron chi connectivity index (χ2n) is 4.24. The van der Waals surface area contributed by atoms with E-state index < -0.39 is 0 Å². The van der Waals surface area contributed by atoms with Crippen LogP contribution in [0.4, 0.5) is 0 Å². The molecule has 5 heteroatoms. The summed E-state index contributed by atoms with van der Waals surface area (Å²) >= 11 is 0. The van der Waals surface area contributed by atoms with Crippen LogP contribution in [0.15, 0.2) is 18.3 Å².